The molecule has 0 amide bonds. The van der Waals surface area contributed by atoms with Crippen LogP contribution in [0.3, 0.4) is 0 Å². The summed E-state index contributed by atoms with van der Waals surface area (Å²) >= 11 is 1.79. The van der Waals surface area contributed by atoms with E-state index in [9.17, 15) is 0 Å². The Morgan fingerprint density at radius 3 is 2.79 bits per heavy atom. The van der Waals surface area contributed by atoms with E-state index in [-0.39, 0.29) is 22.8 Å². The lowest BCUT2D eigenvalue weighted by Gasteiger charge is -2.24. The molecule has 4 aromatic rings. The Kier molecular flexibility index (Phi) is 5.86. The van der Waals surface area contributed by atoms with Crippen molar-refractivity contribution in [2.45, 2.75) is 55.3 Å². The van der Waals surface area contributed by atoms with Crippen molar-refractivity contribution in [1.29, 1.82) is 0 Å². The first kappa shape index (κ1) is 24.0. The quantitative estimate of drug-likeness (QED) is 0.335. The molecule has 0 spiro atoms. The van der Waals surface area contributed by atoms with Crippen LogP contribution in [0.1, 0.15) is 32.1 Å². The summed E-state index contributed by atoms with van der Waals surface area (Å²) in [5.41, 5.74) is 1.74. The molecule has 198 valence electrons. The molecule has 3 fully saturated rings. The molecule has 2 saturated heterocycles. The summed E-state index contributed by atoms with van der Waals surface area (Å²) in [6.07, 6.45) is 5.94. The molecule has 5 heterocycles. The first-order valence-electron chi connectivity index (χ1n) is 13.1. The van der Waals surface area contributed by atoms with Crippen molar-refractivity contribution in [3.8, 4) is 11.6 Å². The SMILES string of the molecule is COc1ncnc2c1ccn2[C@@H]1S[C@H](COc2ccc3ccc(NCC4CC4)nc3c2)[C@H]2OC(C)(C)O[C@H]21. The fourth-order valence-corrected chi connectivity index (χ4v) is 6.90. The molecule has 1 N–H and O–H groups in total. The highest BCUT2D eigenvalue weighted by Crippen LogP contribution is 2.52. The number of aromatic nitrogens is 4. The monoisotopic (exact) mass is 533 g/mol. The lowest BCUT2D eigenvalue weighted by molar-refractivity contribution is -0.149. The maximum atomic E-state index is 6.40. The van der Waals surface area contributed by atoms with Crippen molar-refractivity contribution >= 4 is 39.5 Å². The number of pyridine rings is 1. The normalized spacial score (nSPS) is 26.1. The van der Waals surface area contributed by atoms with Gasteiger partial charge in [-0.2, -0.15) is 0 Å². The third-order valence-electron chi connectivity index (χ3n) is 7.41. The molecule has 1 aliphatic carbocycles. The van der Waals surface area contributed by atoms with Crippen LogP contribution in [0.2, 0.25) is 0 Å². The number of fused-ring (bicyclic) bond motifs is 3. The summed E-state index contributed by atoms with van der Waals surface area (Å²) in [5.74, 6) is 2.40. The molecule has 3 aliphatic rings. The maximum Gasteiger partial charge on any atom is 0.225 e. The van der Waals surface area contributed by atoms with Crippen molar-refractivity contribution in [2.75, 3.05) is 25.6 Å². The Morgan fingerprint density at radius 1 is 1.11 bits per heavy atom. The lowest BCUT2D eigenvalue weighted by Crippen LogP contribution is -2.32. The van der Waals surface area contributed by atoms with Gasteiger partial charge >= 0.3 is 0 Å². The number of anilines is 1. The van der Waals surface area contributed by atoms with Crippen molar-refractivity contribution in [2.24, 2.45) is 5.92 Å². The molecule has 7 rings (SSSR count). The van der Waals surface area contributed by atoms with E-state index in [1.165, 1.54) is 19.2 Å². The minimum atomic E-state index is -0.667. The average Bonchev–Trinajstić information content (AvgIpc) is 3.45. The number of methoxy groups -OCH3 is 1. The summed E-state index contributed by atoms with van der Waals surface area (Å²) in [7, 11) is 1.62. The second kappa shape index (κ2) is 9.29. The van der Waals surface area contributed by atoms with Gasteiger partial charge in [0.15, 0.2) is 5.79 Å². The molecular weight excluding hydrogens is 502 g/mol. The largest absolute Gasteiger partial charge is 0.492 e. The molecule has 0 unspecified atom stereocenters. The van der Waals surface area contributed by atoms with Gasteiger partial charge in [0.1, 0.15) is 47.7 Å². The van der Waals surface area contributed by atoms with Gasteiger partial charge in [0, 0.05) is 24.2 Å². The van der Waals surface area contributed by atoms with Gasteiger partial charge in [0.25, 0.3) is 0 Å². The van der Waals surface area contributed by atoms with Crippen molar-refractivity contribution in [1.82, 2.24) is 19.5 Å². The molecule has 38 heavy (non-hydrogen) atoms. The Balaban J connectivity index is 1.11. The Labute approximate surface area is 225 Å². The summed E-state index contributed by atoms with van der Waals surface area (Å²) in [5, 5.41) is 5.48. The molecule has 2 aliphatic heterocycles. The number of rotatable bonds is 8. The molecule has 4 atom stereocenters. The van der Waals surface area contributed by atoms with Gasteiger partial charge in [0.05, 0.1) is 23.3 Å². The second-order valence-electron chi connectivity index (χ2n) is 10.7. The van der Waals surface area contributed by atoms with Gasteiger partial charge in [-0.05, 0) is 62.9 Å². The summed E-state index contributed by atoms with van der Waals surface area (Å²) in [4.78, 5) is 13.6. The number of benzene rings is 1. The number of nitrogens with one attached hydrogen (secondary N) is 1. The smallest absolute Gasteiger partial charge is 0.225 e. The van der Waals surface area contributed by atoms with E-state index >= 15 is 0 Å². The molecule has 0 radical (unpaired) electrons. The second-order valence-corrected chi connectivity index (χ2v) is 12.0. The van der Waals surface area contributed by atoms with Gasteiger partial charge < -0.3 is 28.8 Å². The van der Waals surface area contributed by atoms with Crippen LogP contribution in [0.15, 0.2) is 48.9 Å². The van der Waals surface area contributed by atoms with Gasteiger partial charge in [-0.15, -0.1) is 11.8 Å². The van der Waals surface area contributed by atoms with Crippen LogP contribution in [0.5, 0.6) is 11.6 Å². The zero-order valence-corrected chi connectivity index (χ0v) is 22.5. The molecule has 0 bridgehead atoms. The zero-order chi connectivity index (χ0) is 25.9. The average molecular weight is 534 g/mol. The highest BCUT2D eigenvalue weighted by atomic mass is 32.2. The van der Waals surface area contributed by atoms with Crippen molar-refractivity contribution in [3.05, 3.63) is 48.9 Å². The molecule has 3 aromatic heterocycles. The fourth-order valence-electron chi connectivity index (χ4n) is 5.37. The van der Waals surface area contributed by atoms with Crippen molar-refractivity contribution < 1.29 is 18.9 Å². The van der Waals surface area contributed by atoms with Crippen LogP contribution < -0.4 is 14.8 Å². The van der Waals surface area contributed by atoms with Crippen LogP contribution in [0.25, 0.3) is 21.9 Å². The Morgan fingerprint density at radius 2 is 1.95 bits per heavy atom. The highest BCUT2D eigenvalue weighted by molar-refractivity contribution is 8.00. The molecule has 1 aromatic carbocycles. The number of hydrogen-bond donors (Lipinski definition) is 1. The summed E-state index contributed by atoms with van der Waals surface area (Å²) in [6, 6.07) is 12.2. The van der Waals surface area contributed by atoms with Gasteiger partial charge in [0.2, 0.25) is 5.88 Å². The topological polar surface area (TPSA) is 92.6 Å². The Hall–Kier alpha value is -3.08. The molecule has 10 heteroatoms. The molecule has 9 nitrogen and oxygen atoms in total. The van der Waals surface area contributed by atoms with E-state index < -0.39 is 5.79 Å². The van der Waals surface area contributed by atoms with E-state index in [4.69, 9.17) is 23.9 Å². The number of nitrogens with zero attached hydrogens (tertiary/aromatic N) is 4. The third-order valence-corrected chi connectivity index (χ3v) is 8.94. The summed E-state index contributed by atoms with van der Waals surface area (Å²) < 4.78 is 26.7. The standard InChI is InChI=1S/C28H31N5O4S/c1-28(2)36-23-21(38-27(24(23)37-28)33-11-10-19-25(33)30-15-31-26(19)34-3)14-35-18-8-6-17-7-9-22(32-20(17)12-18)29-13-16-4-5-16/h6-12,15-16,21,23-24,27H,4-5,13-14H2,1-3H3,(H,29,32)/t21-,23-,24-,27-/m1/s1. The van der Waals surface area contributed by atoms with Crippen LogP contribution in [-0.2, 0) is 9.47 Å². The van der Waals surface area contributed by atoms with Gasteiger partial charge in [-0.3, -0.25) is 0 Å². The van der Waals surface area contributed by atoms with E-state index in [1.807, 2.05) is 44.3 Å². The minimum absolute atomic E-state index is 0.0224. The van der Waals surface area contributed by atoms with Crippen LogP contribution >= 0.6 is 11.8 Å². The van der Waals surface area contributed by atoms with E-state index in [0.29, 0.717) is 12.5 Å². The number of ether oxygens (including phenoxy) is 4. The predicted molar refractivity (Wildman–Crippen MR) is 147 cm³/mol. The minimum Gasteiger partial charge on any atom is -0.492 e. The molecule has 1 saturated carbocycles. The summed E-state index contributed by atoms with van der Waals surface area (Å²) in [6.45, 7) is 5.41. The first-order chi connectivity index (χ1) is 18.5. The van der Waals surface area contributed by atoms with Gasteiger partial charge in [-0.1, -0.05) is 0 Å². The van der Waals surface area contributed by atoms with Crippen LogP contribution in [0.4, 0.5) is 5.82 Å². The Bertz CT molecular complexity index is 1490. The zero-order valence-electron chi connectivity index (χ0n) is 21.7. The highest BCUT2D eigenvalue weighted by Gasteiger charge is 2.55. The lowest BCUT2D eigenvalue weighted by atomic mass is 10.1. The maximum absolute atomic E-state index is 6.40. The van der Waals surface area contributed by atoms with E-state index in [1.54, 1.807) is 18.9 Å². The van der Waals surface area contributed by atoms with Crippen LogP contribution in [-0.4, -0.2) is 63.0 Å². The first-order valence-corrected chi connectivity index (χ1v) is 14.1. The number of hydrogen-bond acceptors (Lipinski definition) is 9. The van der Waals surface area contributed by atoms with Crippen LogP contribution in [0, 0.1) is 5.92 Å². The van der Waals surface area contributed by atoms with E-state index in [0.717, 1.165) is 46.0 Å². The molecular formula is C28H31N5O4S. The fraction of sp³-hybridized carbons (Fsp3) is 0.464. The van der Waals surface area contributed by atoms with Gasteiger partial charge in [-0.25, -0.2) is 15.0 Å². The van der Waals surface area contributed by atoms with Crippen molar-refractivity contribution in [3.63, 3.8) is 0 Å². The third kappa shape index (κ3) is 4.44. The predicted octanol–water partition coefficient (Wildman–Crippen LogP) is 5.02. The van der Waals surface area contributed by atoms with E-state index in [2.05, 4.69) is 32.0 Å². The number of thioether (sulfide) groups is 1.